The zero-order valence-electron chi connectivity index (χ0n) is 9.91. The van der Waals surface area contributed by atoms with Crippen molar-refractivity contribution in [3.63, 3.8) is 0 Å². The molecule has 3 nitrogen and oxygen atoms in total. The quantitative estimate of drug-likeness (QED) is 0.631. The number of hydrogen-bond donors (Lipinski definition) is 0. The average molecular weight is 283 g/mol. The van der Waals surface area contributed by atoms with Crippen LogP contribution in [0.4, 0.5) is 0 Å². The summed E-state index contributed by atoms with van der Waals surface area (Å²) in [5.74, 6) is 2.39. The summed E-state index contributed by atoms with van der Waals surface area (Å²) in [6.45, 7) is 2.06. The molecular formula is C13H12Cl2N2O. The highest BCUT2D eigenvalue weighted by Crippen LogP contribution is 2.30. The van der Waals surface area contributed by atoms with E-state index in [1.165, 1.54) is 6.07 Å². The van der Waals surface area contributed by atoms with Gasteiger partial charge in [0, 0.05) is 11.6 Å². The molecule has 1 heterocycles. The molecule has 0 atom stereocenters. The minimum absolute atomic E-state index is 0.126. The summed E-state index contributed by atoms with van der Waals surface area (Å²) in [5.41, 5.74) is 1.11. The van der Waals surface area contributed by atoms with Gasteiger partial charge in [-0.1, -0.05) is 29.1 Å². The Labute approximate surface area is 116 Å². The number of carbonyl (C=O) groups excluding carboxylic acids is 1. The van der Waals surface area contributed by atoms with Crippen LogP contribution < -0.4 is 0 Å². The Kier molecular flexibility index (Phi) is 3.79. The van der Waals surface area contributed by atoms with Crippen LogP contribution in [0.3, 0.4) is 0 Å². The summed E-state index contributed by atoms with van der Waals surface area (Å²) >= 11 is 11.8. The van der Waals surface area contributed by atoms with E-state index in [0.717, 1.165) is 12.8 Å². The molecule has 1 aliphatic carbocycles. The zero-order chi connectivity index (χ0) is 13.3. The van der Waals surface area contributed by atoms with Crippen LogP contribution in [0, 0.1) is 19.3 Å². The third-order valence-electron chi connectivity index (χ3n) is 2.92. The van der Waals surface area contributed by atoms with Gasteiger partial charge in [-0.25, -0.2) is 4.98 Å². The van der Waals surface area contributed by atoms with E-state index >= 15 is 0 Å². The Balaban J connectivity index is 2.35. The molecule has 0 saturated heterocycles. The van der Waals surface area contributed by atoms with Gasteiger partial charge in [-0.2, -0.15) is 0 Å². The van der Waals surface area contributed by atoms with Crippen LogP contribution in [0.2, 0.25) is 10.3 Å². The Morgan fingerprint density at radius 2 is 2.28 bits per heavy atom. The fraction of sp³-hybridized carbons (Fsp3) is 0.385. The first-order valence-corrected chi connectivity index (χ1v) is 6.37. The monoisotopic (exact) mass is 282 g/mol. The Bertz CT molecular complexity index is 533. The molecule has 0 spiro atoms. The van der Waals surface area contributed by atoms with Gasteiger partial charge in [-0.15, -0.1) is 6.42 Å². The van der Waals surface area contributed by atoms with Crippen LogP contribution >= 0.6 is 23.2 Å². The normalized spacial score (nSPS) is 14.1. The molecule has 5 heteroatoms. The van der Waals surface area contributed by atoms with Crippen molar-refractivity contribution in [2.75, 3.05) is 6.54 Å². The van der Waals surface area contributed by atoms with Gasteiger partial charge in [0.25, 0.3) is 5.91 Å². The van der Waals surface area contributed by atoms with E-state index < -0.39 is 0 Å². The summed E-state index contributed by atoms with van der Waals surface area (Å²) in [7, 11) is 0. The fourth-order valence-corrected chi connectivity index (χ4v) is 2.21. The Morgan fingerprint density at radius 1 is 1.61 bits per heavy atom. The van der Waals surface area contributed by atoms with Crippen LogP contribution in [0.15, 0.2) is 6.07 Å². The van der Waals surface area contributed by atoms with Crippen LogP contribution in [0.25, 0.3) is 0 Å². The van der Waals surface area contributed by atoms with E-state index in [1.807, 2.05) is 0 Å². The SMILES string of the molecule is C#CCN(C(=O)c1cc(Cl)nc(Cl)c1C)C1CC1. The Morgan fingerprint density at radius 3 is 2.83 bits per heavy atom. The van der Waals surface area contributed by atoms with Gasteiger partial charge in [-0.3, -0.25) is 4.79 Å². The second-order valence-corrected chi connectivity index (χ2v) is 5.02. The molecule has 1 aromatic rings. The number of carbonyl (C=O) groups is 1. The molecular weight excluding hydrogens is 271 g/mol. The van der Waals surface area contributed by atoms with Gasteiger partial charge in [0.1, 0.15) is 10.3 Å². The van der Waals surface area contributed by atoms with Crippen molar-refractivity contribution in [2.24, 2.45) is 0 Å². The maximum atomic E-state index is 12.4. The predicted octanol–water partition coefficient (Wildman–Crippen LogP) is 2.93. The van der Waals surface area contributed by atoms with Crippen LogP contribution in [0.5, 0.6) is 0 Å². The molecule has 1 aromatic heterocycles. The standard InChI is InChI=1S/C13H12Cl2N2O/c1-3-6-17(9-4-5-9)13(18)10-7-11(14)16-12(15)8(10)2/h1,7,9H,4-6H2,2H3. The molecule has 1 saturated carbocycles. The lowest BCUT2D eigenvalue weighted by Gasteiger charge is -2.21. The van der Waals surface area contributed by atoms with Crippen molar-refractivity contribution in [1.29, 1.82) is 0 Å². The van der Waals surface area contributed by atoms with E-state index in [9.17, 15) is 4.79 Å². The molecule has 1 aliphatic rings. The van der Waals surface area contributed by atoms with Gasteiger partial charge in [-0.05, 0) is 31.4 Å². The van der Waals surface area contributed by atoms with E-state index in [0.29, 0.717) is 17.7 Å². The summed E-state index contributed by atoms with van der Waals surface area (Å²) in [4.78, 5) is 18.0. The minimum atomic E-state index is -0.126. The predicted molar refractivity (Wildman–Crippen MR) is 71.9 cm³/mol. The highest BCUT2D eigenvalue weighted by Gasteiger charge is 2.33. The highest BCUT2D eigenvalue weighted by molar-refractivity contribution is 6.33. The fourth-order valence-electron chi connectivity index (χ4n) is 1.78. The molecule has 94 valence electrons. The summed E-state index contributed by atoms with van der Waals surface area (Å²) in [6, 6.07) is 1.79. The molecule has 0 aromatic carbocycles. The molecule has 18 heavy (non-hydrogen) atoms. The molecule has 0 N–H and O–H groups in total. The van der Waals surface area contributed by atoms with Gasteiger partial charge in [0.05, 0.1) is 6.54 Å². The van der Waals surface area contributed by atoms with Crippen molar-refractivity contribution >= 4 is 29.1 Å². The van der Waals surface area contributed by atoms with Crippen LogP contribution in [0.1, 0.15) is 28.8 Å². The van der Waals surface area contributed by atoms with E-state index in [4.69, 9.17) is 29.6 Å². The van der Waals surface area contributed by atoms with E-state index in [1.54, 1.807) is 11.8 Å². The van der Waals surface area contributed by atoms with E-state index in [-0.39, 0.29) is 22.3 Å². The lowest BCUT2D eigenvalue weighted by atomic mass is 10.1. The maximum absolute atomic E-state index is 12.4. The lowest BCUT2D eigenvalue weighted by molar-refractivity contribution is 0.0765. The number of pyridine rings is 1. The largest absolute Gasteiger partial charge is 0.325 e. The van der Waals surface area contributed by atoms with Crippen molar-refractivity contribution < 1.29 is 4.79 Å². The number of nitrogens with zero attached hydrogens (tertiary/aromatic N) is 2. The number of rotatable bonds is 3. The number of aromatic nitrogens is 1. The van der Waals surface area contributed by atoms with Crippen molar-refractivity contribution in [3.8, 4) is 12.3 Å². The molecule has 0 bridgehead atoms. The van der Waals surface area contributed by atoms with Gasteiger partial charge in [0.2, 0.25) is 0 Å². The maximum Gasteiger partial charge on any atom is 0.255 e. The van der Waals surface area contributed by atoms with Gasteiger partial charge >= 0.3 is 0 Å². The number of hydrogen-bond acceptors (Lipinski definition) is 2. The first-order chi connectivity index (χ1) is 8.54. The zero-order valence-corrected chi connectivity index (χ0v) is 11.4. The highest BCUT2D eigenvalue weighted by atomic mass is 35.5. The van der Waals surface area contributed by atoms with Crippen LogP contribution in [-0.4, -0.2) is 28.4 Å². The molecule has 0 aliphatic heterocycles. The molecule has 1 fully saturated rings. The van der Waals surface area contributed by atoms with E-state index in [2.05, 4.69) is 10.9 Å². The number of terminal acetylenes is 1. The molecule has 1 amide bonds. The topological polar surface area (TPSA) is 33.2 Å². The smallest absolute Gasteiger partial charge is 0.255 e. The van der Waals surface area contributed by atoms with Crippen molar-refractivity contribution in [2.45, 2.75) is 25.8 Å². The Hall–Kier alpha value is -1.24. The third kappa shape index (κ3) is 2.60. The summed E-state index contributed by atoms with van der Waals surface area (Å²) in [5, 5.41) is 0.465. The second kappa shape index (κ2) is 5.17. The average Bonchev–Trinajstić information content (AvgIpc) is 3.14. The lowest BCUT2D eigenvalue weighted by Crippen LogP contribution is -2.34. The number of amides is 1. The first-order valence-electron chi connectivity index (χ1n) is 5.61. The molecule has 2 rings (SSSR count). The van der Waals surface area contributed by atoms with Crippen LogP contribution in [-0.2, 0) is 0 Å². The minimum Gasteiger partial charge on any atom is -0.325 e. The van der Waals surface area contributed by atoms with Crippen molar-refractivity contribution in [1.82, 2.24) is 9.88 Å². The first kappa shape index (κ1) is 13.2. The summed E-state index contributed by atoms with van der Waals surface area (Å²) < 4.78 is 0. The van der Waals surface area contributed by atoms with Crippen molar-refractivity contribution in [3.05, 3.63) is 27.5 Å². The summed E-state index contributed by atoms with van der Waals surface area (Å²) in [6.07, 6.45) is 7.30. The van der Waals surface area contributed by atoms with Gasteiger partial charge < -0.3 is 4.90 Å². The molecule has 0 radical (unpaired) electrons. The molecule has 0 unspecified atom stereocenters. The van der Waals surface area contributed by atoms with Gasteiger partial charge in [0.15, 0.2) is 0 Å². The number of halogens is 2. The second-order valence-electron chi connectivity index (χ2n) is 4.28. The third-order valence-corrected chi connectivity index (χ3v) is 3.48.